The second kappa shape index (κ2) is 14.2. The number of carbonyl (C=O) groups excluding carboxylic acids is 2. The van der Waals surface area contributed by atoms with Gasteiger partial charge in [0.2, 0.25) is 11.8 Å². The monoisotopic (exact) mass is 552 g/mol. The molecule has 0 fully saturated rings. The molecule has 0 radical (unpaired) electrons. The molecule has 41 heavy (non-hydrogen) atoms. The Balaban J connectivity index is 1.69. The summed E-state index contributed by atoms with van der Waals surface area (Å²) in [7, 11) is 3.34. The highest BCUT2D eigenvalue weighted by Crippen LogP contribution is 2.22. The summed E-state index contributed by atoms with van der Waals surface area (Å²) in [6.45, 7) is 4.63. The minimum atomic E-state index is -0.739. The van der Waals surface area contributed by atoms with Crippen LogP contribution in [-0.4, -0.2) is 64.9 Å². The van der Waals surface area contributed by atoms with E-state index in [-0.39, 0.29) is 18.4 Å². The van der Waals surface area contributed by atoms with Gasteiger partial charge in [-0.05, 0) is 47.4 Å². The zero-order chi connectivity index (χ0) is 29.2. The average molecular weight is 553 g/mol. The molecule has 0 bridgehead atoms. The van der Waals surface area contributed by atoms with Gasteiger partial charge in [0.05, 0.1) is 6.61 Å². The molecule has 0 aliphatic rings. The molecule has 0 aliphatic carbocycles. The number of ether oxygens (including phenoxy) is 1. The number of hydrogen-bond donors (Lipinski definition) is 0. The van der Waals surface area contributed by atoms with Crippen molar-refractivity contribution < 1.29 is 18.7 Å². The number of nitrogens with zero attached hydrogens (tertiary/aromatic N) is 4. The number of aryl methyl sites for hydroxylation is 2. The molecule has 212 valence electrons. The quantitative estimate of drug-likeness (QED) is 0.227. The van der Waals surface area contributed by atoms with Crippen molar-refractivity contribution in [3.05, 3.63) is 114 Å². The molecule has 2 aromatic carbocycles. The van der Waals surface area contributed by atoms with Gasteiger partial charge in [-0.3, -0.25) is 14.6 Å². The van der Waals surface area contributed by atoms with Crippen LogP contribution < -0.4 is 0 Å². The van der Waals surface area contributed by atoms with E-state index >= 15 is 0 Å². The molecule has 2 heterocycles. The lowest BCUT2D eigenvalue weighted by Crippen LogP contribution is -2.51. The summed E-state index contributed by atoms with van der Waals surface area (Å²) in [6, 6.07) is 20.9. The fourth-order valence-electron chi connectivity index (χ4n) is 4.59. The largest absolute Gasteiger partial charge is 0.446 e. The van der Waals surface area contributed by atoms with E-state index < -0.39 is 6.04 Å². The summed E-state index contributed by atoms with van der Waals surface area (Å²) >= 11 is 0. The Morgan fingerprint density at radius 2 is 1.63 bits per heavy atom. The van der Waals surface area contributed by atoms with Gasteiger partial charge in [-0.2, -0.15) is 0 Å². The number of amides is 2. The standard InChI is InChI=1S/C33H36N4O4/c1-24-30(35-25(2)41-24)14-15-32(38)37(23-27-10-12-28(13-11-27)29-16-18-34-19-17-29)31(22-26-8-6-5-7-9-26)33(39)36(3)20-21-40-4/h5-19,31H,20-23H2,1-4H3/b15-14+/t31-/m0/s1. The number of aromatic nitrogens is 2. The summed E-state index contributed by atoms with van der Waals surface area (Å²) < 4.78 is 10.7. The van der Waals surface area contributed by atoms with E-state index in [0.717, 1.165) is 22.3 Å². The molecule has 0 aliphatic heterocycles. The zero-order valence-corrected chi connectivity index (χ0v) is 24.0. The van der Waals surface area contributed by atoms with Crippen LogP contribution in [0.1, 0.15) is 28.5 Å². The Bertz CT molecular complexity index is 1450. The minimum absolute atomic E-state index is 0.158. The first-order chi connectivity index (χ1) is 19.9. The van der Waals surface area contributed by atoms with Crippen LogP contribution in [0.25, 0.3) is 17.2 Å². The van der Waals surface area contributed by atoms with E-state index in [1.807, 2.05) is 66.7 Å². The van der Waals surface area contributed by atoms with Crippen molar-refractivity contribution in [1.29, 1.82) is 0 Å². The fraction of sp³-hybridized carbons (Fsp3) is 0.273. The first-order valence-electron chi connectivity index (χ1n) is 13.6. The third-order valence-corrected chi connectivity index (χ3v) is 6.87. The van der Waals surface area contributed by atoms with Gasteiger partial charge < -0.3 is 19.0 Å². The van der Waals surface area contributed by atoms with Crippen molar-refractivity contribution in [1.82, 2.24) is 19.8 Å². The first-order valence-corrected chi connectivity index (χ1v) is 13.6. The maximum Gasteiger partial charge on any atom is 0.247 e. The lowest BCUT2D eigenvalue weighted by Gasteiger charge is -2.33. The summed E-state index contributed by atoms with van der Waals surface area (Å²) in [6.07, 6.45) is 7.00. The molecule has 2 aromatic heterocycles. The van der Waals surface area contributed by atoms with Gasteiger partial charge in [-0.1, -0.05) is 54.6 Å². The second-order valence-corrected chi connectivity index (χ2v) is 9.86. The van der Waals surface area contributed by atoms with Crippen LogP contribution in [0.15, 0.2) is 89.6 Å². The Hall–Kier alpha value is -4.56. The first kappa shape index (κ1) is 29.4. The Labute approximate surface area is 241 Å². The average Bonchev–Trinajstić information content (AvgIpc) is 3.33. The Morgan fingerprint density at radius 1 is 0.951 bits per heavy atom. The second-order valence-electron chi connectivity index (χ2n) is 9.86. The van der Waals surface area contributed by atoms with Gasteiger partial charge in [0.25, 0.3) is 0 Å². The number of rotatable bonds is 12. The Morgan fingerprint density at radius 3 is 2.27 bits per heavy atom. The number of likely N-dealkylation sites (N-methyl/N-ethyl adjacent to an activating group) is 1. The molecule has 0 unspecified atom stereocenters. The molecule has 0 saturated carbocycles. The number of methoxy groups -OCH3 is 1. The van der Waals surface area contributed by atoms with E-state index in [0.29, 0.717) is 36.9 Å². The number of hydrogen-bond acceptors (Lipinski definition) is 6. The minimum Gasteiger partial charge on any atom is -0.446 e. The maximum absolute atomic E-state index is 13.9. The van der Waals surface area contributed by atoms with Crippen LogP contribution in [0, 0.1) is 13.8 Å². The predicted molar refractivity (Wildman–Crippen MR) is 159 cm³/mol. The third kappa shape index (κ3) is 7.99. The predicted octanol–water partition coefficient (Wildman–Crippen LogP) is 5.11. The highest BCUT2D eigenvalue weighted by molar-refractivity contribution is 5.95. The lowest BCUT2D eigenvalue weighted by molar-refractivity contribution is -0.143. The van der Waals surface area contributed by atoms with Gasteiger partial charge in [-0.15, -0.1) is 0 Å². The van der Waals surface area contributed by atoms with Gasteiger partial charge in [0, 0.05) is 59.1 Å². The summed E-state index contributed by atoms with van der Waals surface area (Å²) in [5, 5.41) is 0. The SMILES string of the molecule is COCCN(C)C(=O)[C@H](Cc1ccccc1)N(Cc1ccc(-c2ccncc2)cc1)C(=O)/C=C/c1nc(C)oc1C. The van der Waals surface area contributed by atoms with Gasteiger partial charge >= 0.3 is 0 Å². The summed E-state index contributed by atoms with van der Waals surface area (Å²) in [5.41, 5.74) is 4.55. The van der Waals surface area contributed by atoms with Crippen LogP contribution >= 0.6 is 0 Å². The number of pyridine rings is 1. The van der Waals surface area contributed by atoms with Gasteiger partial charge in [0.1, 0.15) is 17.5 Å². The van der Waals surface area contributed by atoms with Crippen molar-refractivity contribution in [2.75, 3.05) is 27.3 Å². The van der Waals surface area contributed by atoms with Crippen molar-refractivity contribution in [3.63, 3.8) is 0 Å². The highest BCUT2D eigenvalue weighted by atomic mass is 16.5. The van der Waals surface area contributed by atoms with Crippen LogP contribution in [-0.2, 0) is 27.3 Å². The molecule has 0 N–H and O–H groups in total. The highest BCUT2D eigenvalue weighted by Gasteiger charge is 2.31. The van der Waals surface area contributed by atoms with E-state index in [1.54, 1.807) is 56.3 Å². The van der Waals surface area contributed by atoms with Crippen molar-refractivity contribution in [3.8, 4) is 11.1 Å². The number of benzene rings is 2. The normalized spacial score (nSPS) is 11.9. The molecule has 2 amide bonds. The molecule has 4 aromatic rings. The zero-order valence-electron chi connectivity index (χ0n) is 24.0. The molecule has 0 spiro atoms. The smallest absolute Gasteiger partial charge is 0.247 e. The van der Waals surface area contributed by atoms with Crippen molar-refractivity contribution in [2.45, 2.75) is 32.9 Å². The Kier molecular flexibility index (Phi) is 10.2. The van der Waals surface area contributed by atoms with E-state index in [1.165, 1.54) is 6.08 Å². The van der Waals surface area contributed by atoms with Crippen LogP contribution in [0.4, 0.5) is 0 Å². The lowest BCUT2D eigenvalue weighted by atomic mass is 10.0. The number of oxazole rings is 1. The third-order valence-electron chi connectivity index (χ3n) is 6.87. The molecule has 1 atom stereocenters. The topological polar surface area (TPSA) is 88.8 Å². The van der Waals surface area contributed by atoms with E-state index in [9.17, 15) is 9.59 Å². The molecule has 4 rings (SSSR count). The molecule has 8 nitrogen and oxygen atoms in total. The van der Waals surface area contributed by atoms with Crippen LogP contribution in [0.2, 0.25) is 0 Å². The van der Waals surface area contributed by atoms with Crippen molar-refractivity contribution >= 4 is 17.9 Å². The molecule has 0 saturated heterocycles. The fourth-order valence-corrected chi connectivity index (χ4v) is 4.59. The van der Waals surface area contributed by atoms with Gasteiger partial charge in [-0.25, -0.2) is 4.98 Å². The van der Waals surface area contributed by atoms with E-state index in [4.69, 9.17) is 9.15 Å². The van der Waals surface area contributed by atoms with Crippen LogP contribution in [0.3, 0.4) is 0 Å². The molecule has 8 heteroatoms. The van der Waals surface area contributed by atoms with E-state index in [2.05, 4.69) is 9.97 Å². The van der Waals surface area contributed by atoms with Gasteiger partial charge in [0.15, 0.2) is 5.89 Å². The summed E-state index contributed by atoms with van der Waals surface area (Å²) in [4.78, 5) is 39.5. The number of carbonyl (C=O) groups is 2. The van der Waals surface area contributed by atoms with Crippen LogP contribution in [0.5, 0.6) is 0 Å². The molecular weight excluding hydrogens is 516 g/mol. The van der Waals surface area contributed by atoms with Crippen molar-refractivity contribution in [2.24, 2.45) is 0 Å². The maximum atomic E-state index is 13.9. The molecular formula is C33H36N4O4. The summed E-state index contributed by atoms with van der Waals surface area (Å²) in [5.74, 6) is 0.700.